The molecule has 2 rings (SSSR count). The number of nitrogens with zero attached hydrogens (tertiary/aromatic N) is 1. The zero-order valence-electron chi connectivity index (χ0n) is 13.0. The van der Waals surface area contributed by atoms with Crippen molar-refractivity contribution >= 4 is 17.7 Å². The molecular formula is C17H26N2OS. The maximum Gasteiger partial charge on any atom is 0.253 e. The summed E-state index contributed by atoms with van der Waals surface area (Å²) in [7, 11) is 0. The third-order valence-electron chi connectivity index (χ3n) is 4.24. The van der Waals surface area contributed by atoms with Gasteiger partial charge in [-0.3, -0.25) is 4.79 Å². The molecule has 116 valence electrons. The van der Waals surface area contributed by atoms with Gasteiger partial charge in [0.1, 0.15) is 0 Å². The Morgan fingerprint density at radius 3 is 2.48 bits per heavy atom. The summed E-state index contributed by atoms with van der Waals surface area (Å²) in [5.74, 6) is 2.86. The molecule has 1 heterocycles. The normalized spacial score (nSPS) is 17.8. The summed E-state index contributed by atoms with van der Waals surface area (Å²) < 4.78 is 0. The van der Waals surface area contributed by atoms with Gasteiger partial charge in [-0.1, -0.05) is 19.1 Å². The van der Waals surface area contributed by atoms with Gasteiger partial charge in [-0.05, 0) is 49.1 Å². The molecule has 1 atom stereocenters. The van der Waals surface area contributed by atoms with Gasteiger partial charge in [0.15, 0.2) is 0 Å². The summed E-state index contributed by atoms with van der Waals surface area (Å²) in [4.78, 5) is 14.5. The fourth-order valence-corrected chi connectivity index (χ4v) is 3.41. The molecule has 0 bridgehead atoms. The van der Waals surface area contributed by atoms with Crippen LogP contribution in [0, 0.1) is 5.92 Å². The lowest BCUT2D eigenvalue weighted by atomic mass is 9.90. The van der Waals surface area contributed by atoms with E-state index in [4.69, 9.17) is 5.73 Å². The van der Waals surface area contributed by atoms with E-state index < -0.39 is 0 Å². The number of benzene rings is 1. The molecule has 1 aliphatic heterocycles. The van der Waals surface area contributed by atoms with Crippen LogP contribution in [-0.4, -0.2) is 35.7 Å². The first-order valence-corrected chi connectivity index (χ1v) is 8.98. The number of likely N-dealkylation sites (tertiary alicyclic amines) is 1. The number of thioether (sulfide) groups is 1. The van der Waals surface area contributed by atoms with Gasteiger partial charge in [-0.2, -0.15) is 11.8 Å². The highest BCUT2D eigenvalue weighted by Crippen LogP contribution is 2.21. The number of hydrogen-bond acceptors (Lipinski definition) is 3. The zero-order chi connectivity index (χ0) is 15.2. The Kier molecular flexibility index (Phi) is 6.12. The van der Waals surface area contributed by atoms with Crippen LogP contribution in [0.3, 0.4) is 0 Å². The van der Waals surface area contributed by atoms with E-state index >= 15 is 0 Å². The molecule has 4 heteroatoms. The molecule has 1 aromatic carbocycles. The molecule has 1 unspecified atom stereocenters. The van der Waals surface area contributed by atoms with E-state index in [-0.39, 0.29) is 11.9 Å². The van der Waals surface area contributed by atoms with E-state index in [9.17, 15) is 4.79 Å². The van der Waals surface area contributed by atoms with Crippen molar-refractivity contribution in [3.63, 3.8) is 0 Å². The van der Waals surface area contributed by atoms with Crippen LogP contribution in [0.15, 0.2) is 24.3 Å². The van der Waals surface area contributed by atoms with E-state index in [0.717, 1.165) is 43.0 Å². The van der Waals surface area contributed by atoms with E-state index in [2.05, 4.69) is 26.0 Å². The lowest BCUT2D eigenvalue weighted by Gasteiger charge is -2.33. The molecule has 0 spiro atoms. The topological polar surface area (TPSA) is 46.3 Å². The monoisotopic (exact) mass is 306 g/mol. The number of rotatable bonds is 5. The second-order valence-corrected chi connectivity index (χ2v) is 7.10. The highest BCUT2D eigenvalue weighted by atomic mass is 32.2. The Balaban J connectivity index is 1.91. The van der Waals surface area contributed by atoms with Crippen LogP contribution in [0.25, 0.3) is 0 Å². The SMILES string of the molecule is CCSCc1ccc(C(=O)N2CCC(C(C)N)CC2)cc1. The third-order valence-corrected chi connectivity index (χ3v) is 5.19. The predicted octanol–water partition coefficient (Wildman–Crippen LogP) is 3.14. The predicted molar refractivity (Wildman–Crippen MR) is 90.6 cm³/mol. The Bertz CT molecular complexity index is 450. The lowest BCUT2D eigenvalue weighted by molar-refractivity contribution is 0.0681. The van der Waals surface area contributed by atoms with Crippen molar-refractivity contribution in [2.45, 2.75) is 38.5 Å². The van der Waals surface area contributed by atoms with Gasteiger partial charge in [0.25, 0.3) is 5.91 Å². The average molecular weight is 306 g/mol. The molecule has 1 aromatic rings. The Morgan fingerprint density at radius 2 is 1.95 bits per heavy atom. The van der Waals surface area contributed by atoms with Crippen molar-refractivity contribution in [3.8, 4) is 0 Å². The lowest BCUT2D eigenvalue weighted by Crippen LogP contribution is -2.42. The van der Waals surface area contributed by atoms with Gasteiger partial charge in [0.2, 0.25) is 0 Å². The van der Waals surface area contributed by atoms with Gasteiger partial charge in [-0.15, -0.1) is 0 Å². The van der Waals surface area contributed by atoms with E-state index in [1.165, 1.54) is 5.56 Å². The van der Waals surface area contributed by atoms with Crippen molar-refractivity contribution < 1.29 is 4.79 Å². The molecular weight excluding hydrogens is 280 g/mol. The number of amides is 1. The fourth-order valence-electron chi connectivity index (χ4n) is 2.77. The molecule has 2 N–H and O–H groups in total. The zero-order valence-corrected chi connectivity index (χ0v) is 13.9. The average Bonchev–Trinajstić information content (AvgIpc) is 2.53. The molecule has 0 aliphatic carbocycles. The van der Waals surface area contributed by atoms with Crippen molar-refractivity contribution in [1.82, 2.24) is 4.90 Å². The van der Waals surface area contributed by atoms with Crippen molar-refractivity contribution in [2.75, 3.05) is 18.8 Å². The van der Waals surface area contributed by atoms with Gasteiger partial charge < -0.3 is 10.6 Å². The van der Waals surface area contributed by atoms with E-state index in [1.54, 1.807) is 0 Å². The summed E-state index contributed by atoms with van der Waals surface area (Å²) in [5, 5.41) is 0. The van der Waals surface area contributed by atoms with Crippen LogP contribution in [0.4, 0.5) is 0 Å². The quantitative estimate of drug-likeness (QED) is 0.909. The molecule has 1 fully saturated rings. The number of carbonyl (C=O) groups is 1. The Hall–Kier alpha value is -1.00. The first-order chi connectivity index (χ1) is 10.1. The minimum absolute atomic E-state index is 0.160. The van der Waals surface area contributed by atoms with Gasteiger partial charge in [-0.25, -0.2) is 0 Å². The first-order valence-electron chi connectivity index (χ1n) is 7.83. The summed E-state index contributed by atoms with van der Waals surface area (Å²) in [6, 6.07) is 8.31. The second-order valence-electron chi connectivity index (χ2n) is 5.82. The maximum atomic E-state index is 12.5. The van der Waals surface area contributed by atoms with Gasteiger partial charge in [0, 0.05) is 30.4 Å². The largest absolute Gasteiger partial charge is 0.339 e. The van der Waals surface area contributed by atoms with Crippen LogP contribution in [-0.2, 0) is 5.75 Å². The van der Waals surface area contributed by atoms with Crippen LogP contribution in [0.1, 0.15) is 42.6 Å². The highest BCUT2D eigenvalue weighted by Gasteiger charge is 2.25. The standard InChI is InChI=1S/C17H26N2OS/c1-3-21-12-14-4-6-16(7-5-14)17(20)19-10-8-15(9-11-19)13(2)18/h4-7,13,15H,3,8-12,18H2,1-2H3. The summed E-state index contributed by atoms with van der Waals surface area (Å²) in [5.41, 5.74) is 8.04. The van der Waals surface area contributed by atoms with Gasteiger partial charge >= 0.3 is 0 Å². The molecule has 1 saturated heterocycles. The number of carbonyl (C=O) groups excluding carboxylic acids is 1. The number of nitrogens with two attached hydrogens (primary N) is 1. The third kappa shape index (κ3) is 4.48. The summed E-state index contributed by atoms with van der Waals surface area (Å²) >= 11 is 1.90. The van der Waals surface area contributed by atoms with Crippen LogP contribution >= 0.6 is 11.8 Å². The minimum Gasteiger partial charge on any atom is -0.339 e. The van der Waals surface area contributed by atoms with Crippen molar-refractivity contribution in [2.24, 2.45) is 11.7 Å². The first kappa shape index (κ1) is 16.4. The molecule has 3 nitrogen and oxygen atoms in total. The Labute approximate surface area is 132 Å². The number of piperidine rings is 1. The van der Waals surface area contributed by atoms with E-state index in [0.29, 0.717) is 5.92 Å². The van der Waals surface area contributed by atoms with Crippen LogP contribution in [0.2, 0.25) is 0 Å². The van der Waals surface area contributed by atoms with Crippen LogP contribution in [0.5, 0.6) is 0 Å². The second kappa shape index (κ2) is 7.85. The smallest absolute Gasteiger partial charge is 0.253 e. The van der Waals surface area contributed by atoms with Gasteiger partial charge in [0.05, 0.1) is 0 Å². The molecule has 1 amide bonds. The minimum atomic E-state index is 0.160. The van der Waals surface area contributed by atoms with Crippen LogP contribution < -0.4 is 5.73 Å². The van der Waals surface area contributed by atoms with Crippen molar-refractivity contribution in [1.29, 1.82) is 0 Å². The van der Waals surface area contributed by atoms with E-state index in [1.807, 2.05) is 28.8 Å². The molecule has 0 aromatic heterocycles. The Morgan fingerprint density at radius 1 is 1.33 bits per heavy atom. The molecule has 21 heavy (non-hydrogen) atoms. The molecule has 0 saturated carbocycles. The fraction of sp³-hybridized carbons (Fsp3) is 0.588. The summed E-state index contributed by atoms with van der Waals surface area (Å²) in [6.07, 6.45) is 2.04. The number of hydrogen-bond donors (Lipinski definition) is 1. The molecule has 0 radical (unpaired) electrons. The summed E-state index contributed by atoms with van der Waals surface area (Å²) in [6.45, 7) is 5.89. The maximum absolute atomic E-state index is 12.5. The van der Waals surface area contributed by atoms with Crippen molar-refractivity contribution in [3.05, 3.63) is 35.4 Å². The highest BCUT2D eigenvalue weighted by molar-refractivity contribution is 7.98. The molecule has 1 aliphatic rings.